The monoisotopic (exact) mass is 452 g/mol. The Bertz CT molecular complexity index is 1020. The van der Waals surface area contributed by atoms with Crippen molar-refractivity contribution in [1.29, 1.82) is 0 Å². The Labute approximate surface area is 180 Å². The summed E-state index contributed by atoms with van der Waals surface area (Å²) in [5, 5.41) is 11.3. The first-order valence-electron chi connectivity index (χ1n) is 8.90. The fourth-order valence-electron chi connectivity index (χ4n) is 2.48. The summed E-state index contributed by atoms with van der Waals surface area (Å²) in [7, 11) is 1.82. The average Bonchev–Trinajstić information content (AvgIpc) is 3.05. The van der Waals surface area contributed by atoms with E-state index in [1.54, 1.807) is 11.8 Å². The Kier molecular flexibility index (Phi) is 7.09. The highest BCUT2D eigenvalue weighted by Gasteiger charge is 2.30. The van der Waals surface area contributed by atoms with Gasteiger partial charge in [0.15, 0.2) is 5.16 Å². The number of aromatic nitrogens is 3. The van der Waals surface area contributed by atoms with Crippen LogP contribution >= 0.6 is 23.5 Å². The molecular formula is C20H19F3N4OS2. The molecule has 1 amide bonds. The quantitative estimate of drug-likeness (QED) is 0.502. The van der Waals surface area contributed by atoms with Crippen molar-refractivity contribution in [2.24, 2.45) is 7.05 Å². The Morgan fingerprint density at radius 1 is 1.10 bits per heavy atom. The van der Waals surface area contributed by atoms with Gasteiger partial charge in [-0.1, -0.05) is 35.5 Å². The van der Waals surface area contributed by atoms with E-state index in [2.05, 4.69) is 15.5 Å². The largest absolute Gasteiger partial charge is 0.416 e. The molecule has 0 aliphatic heterocycles. The maximum atomic E-state index is 12.8. The zero-order chi connectivity index (χ0) is 21.7. The molecular weight excluding hydrogens is 433 g/mol. The number of nitrogens with zero attached hydrogens (tertiary/aromatic N) is 3. The minimum atomic E-state index is -4.46. The summed E-state index contributed by atoms with van der Waals surface area (Å²) in [6.07, 6.45) is -4.46. The molecule has 0 saturated heterocycles. The number of nitrogens with one attached hydrogen (secondary N) is 1. The highest BCUT2D eigenvalue weighted by atomic mass is 32.2. The second-order valence-electron chi connectivity index (χ2n) is 6.47. The van der Waals surface area contributed by atoms with E-state index >= 15 is 0 Å². The van der Waals surface area contributed by atoms with Crippen molar-refractivity contribution in [1.82, 2.24) is 14.8 Å². The molecule has 30 heavy (non-hydrogen) atoms. The summed E-state index contributed by atoms with van der Waals surface area (Å²) < 4.78 is 40.1. The standard InChI is InChI=1S/C20H19F3N4OS2/c1-13-6-8-16(9-7-13)29-11-17-25-26-19(27(17)2)30-12-18(28)24-15-5-3-4-14(10-15)20(21,22)23/h3-10H,11-12H2,1-2H3,(H,24,28). The van der Waals surface area contributed by atoms with Crippen LogP contribution in [0.4, 0.5) is 18.9 Å². The van der Waals surface area contributed by atoms with Gasteiger partial charge >= 0.3 is 6.18 Å². The minimum absolute atomic E-state index is 0.00727. The SMILES string of the molecule is Cc1ccc(SCc2nnc(SCC(=O)Nc3cccc(C(F)(F)F)c3)n2C)cc1. The molecule has 0 unspecified atom stereocenters. The third-order valence-electron chi connectivity index (χ3n) is 4.12. The van der Waals surface area contributed by atoms with Crippen molar-refractivity contribution in [2.75, 3.05) is 11.1 Å². The lowest BCUT2D eigenvalue weighted by atomic mass is 10.2. The summed E-state index contributed by atoms with van der Waals surface area (Å²) in [5.41, 5.74) is 0.487. The normalized spacial score (nSPS) is 11.5. The van der Waals surface area contributed by atoms with Gasteiger partial charge in [0.1, 0.15) is 5.82 Å². The molecule has 0 atom stereocenters. The molecule has 0 saturated carbocycles. The molecule has 0 aliphatic rings. The van der Waals surface area contributed by atoms with Crippen LogP contribution in [0.25, 0.3) is 0 Å². The van der Waals surface area contributed by atoms with E-state index in [9.17, 15) is 18.0 Å². The molecule has 3 aromatic rings. The number of amides is 1. The molecule has 0 aliphatic carbocycles. The Hall–Kier alpha value is -2.46. The lowest BCUT2D eigenvalue weighted by Crippen LogP contribution is -2.15. The number of aryl methyl sites for hydroxylation is 1. The number of thioether (sulfide) groups is 2. The summed E-state index contributed by atoms with van der Waals surface area (Å²) in [6.45, 7) is 2.03. The summed E-state index contributed by atoms with van der Waals surface area (Å²) >= 11 is 2.81. The topological polar surface area (TPSA) is 59.8 Å². The number of halogens is 3. The molecule has 5 nitrogen and oxygen atoms in total. The van der Waals surface area contributed by atoms with Gasteiger partial charge in [-0.2, -0.15) is 13.2 Å². The van der Waals surface area contributed by atoms with Crippen LogP contribution < -0.4 is 5.32 Å². The van der Waals surface area contributed by atoms with Gasteiger partial charge in [-0.3, -0.25) is 4.79 Å². The van der Waals surface area contributed by atoms with Gasteiger partial charge in [0.2, 0.25) is 5.91 Å². The highest BCUT2D eigenvalue weighted by Crippen LogP contribution is 2.30. The predicted molar refractivity (Wildman–Crippen MR) is 113 cm³/mol. The van der Waals surface area contributed by atoms with E-state index in [1.807, 2.05) is 42.8 Å². The van der Waals surface area contributed by atoms with Crippen LogP contribution in [0.5, 0.6) is 0 Å². The lowest BCUT2D eigenvalue weighted by Gasteiger charge is -2.09. The summed E-state index contributed by atoms with van der Waals surface area (Å²) in [4.78, 5) is 13.3. The molecule has 0 fully saturated rings. The van der Waals surface area contributed by atoms with Gasteiger partial charge < -0.3 is 9.88 Å². The van der Waals surface area contributed by atoms with Crippen LogP contribution in [-0.4, -0.2) is 26.4 Å². The van der Waals surface area contributed by atoms with Gasteiger partial charge in [-0.15, -0.1) is 22.0 Å². The van der Waals surface area contributed by atoms with E-state index in [0.29, 0.717) is 10.9 Å². The van der Waals surface area contributed by atoms with E-state index in [0.717, 1.165) is 22.9 Å². The number of alkyl halides is 3. The third-order valence-corrected chi connectivity index (χ3v) is 6.15. The average molecular weight is 453 g/mol. The van der Waals surface area contributed by atoms with Crippen molar-refractivity contribution in [3.05, 3.63) is 65.5 Å². The first-order valence-corrected chi connectivity index (χ1v) is 10.9. The fourth-order valence-corrected chi connectivity index (χ4v) is 4.08. The Morgan fingerprint density at radius 2 is 1.83 bits per heavy atom. The molecule has 0 spiro atoms. The van der Waals surface area contributed by atoms with Crippen molar-refractivity contribution >= 4 is 35.1 Å². The van der Waals surface area contributed by atoms with Crippen molar-refractivity contribution in [2.45, 2.75) is 28.9 Å². The first kappa shape index (κ1) is 22.2. The molecule has 0 radical (unpaired) electrons. The molecule has 1 heterocycles. The number of rotatable bonds is 7. The number of carbonyl (C=O) groups is 1. The molecule has 3 rings (SSSR count). The lowest BCUT2D eigenvalue weighted by molar-refractivity contribution is -0.137. The molecule has 158 valence electrons. The van der Waals surface area contributed by atoms with Crippen LogP contribution in [0.1, 0.15) is 17.0 Å². The van der Waals surface area contributed by atoms with E-state index in [4.69, 9.17) is 0 Å². The van der Waals surface area contributed by atoms with Gasteiger partial charge in [0.25, 0.3) is 0 Å². The van der Waals surface area contributed by atoms with E-state index < -0.39 is 17.6 Å². The summed E-state index contributed by atoms with van der Waals surface area (Å²) in [5.74, 6) is 0.982. The van der Waals surface area contributed by atoms with Crippen LogP contribution in [-0.2, 0) is 23.8 Å². The van der Waals surface area contributed by atoms with Crippen LogP contribution in [0, 0.1) is 6.92 Å². The first-order chi connectivity index (χ1) is 14.2. The maximum absolute atomic E-state index is 12.8. The van der Waals surface area contributed by atoms with Gasteiger partial charge in [0, 0.05) is 17.6 Å². The van der Waals surface area contributed by atoms with Gasteiger partial charge in [0.05, 0.1) is 17.1 Å². The molecule has 10 heteroatoms. The fraction of sp³-hybridized carbons (Fsp3) is 0.250. The zero-order valence-corrected chi connectivity index (χ0v) is 17.9. The van der Waals surface area contributed by atoms with E-state index in [-0.39, 0.29) is 11.4 Å². The number of carbonyl (C=O) groups excluding carboxylic acids is 1. The van der Waals surface area contributed by atoms with Crippen molar-refractivity contribution in [3.63, 3.8) is 0 Å². The number of benzene rings is 2. The van der Waals surface area contributed by atoms with Gasteiger partial charge in [-0.05, 0) is 37.3 Å². The molecule has 2 aromatic carbocycles. The second-order valence-corrected chi connectivity index (χ2v) is 8.47. The van der Waals surface area contributed by atoms with Crippen LogP contribution in [0.3, 0.4) is 0 Å². The highest BCUT2D eigenvalue weighted by molar-refractivity contribution is 7.99. The minimum Gasteiger partial charge on any atom is -0.325 e. The number of hydrogen-bond acceptors (Lipinski definition) is 5. The molecule has 1 N–H and O–H groups in total. The number of anilines is 1. The second kappa shape index (κ2) is 9.57. The van der Waals surface area contributed by atoms with E-state index in [1.165, 1.54) is 29.5 Å². The number of hydrogen-bond donors (Lipinski definition) is 1. The van der Waals surface area contributed by atoms with Crippen LogP contribution in [0.2, 0.25) is 0 Å². The molecule has 0 bridgehead atoms. The zero-order valence-electron chi connectivity index (χ0n) is 16.2. The summed E-state index contributed by atoms with van der Waals surface area (Å²) in [6, 6.07) is 12.7. The smallest absolute Gasteiger partial charge is 0.325 e. The predicted octanol–water partition coefficient (Wildman–Crippen LogP) is 5.17. The van der Waals surface area contributed by atoms with Crippen molar-refractivity contribution in [3.8, 4) is 0 Å². The Balaban J connectivity index is 1.53. The third kappa shape index (κ3) is 6.02. The molecule has 1 aromatic heterocycles. The van der Waals surface area contributed by atoms with Gasteiger partial charge in [-0.25, -0.2) is 0 Å². The van der Waals surface area contributed by atoms with Crippen molar-refractivity contribution < 1.29 is 18.0 Å². The Morgan fingerprint density at radius 3 is 2.53 bits per heavy atom. The maximum Gasteiger partial charge on any atom is 0.416 e. The van der Waals surface area contributed by atoms with Crippen LogP contribution in [0.15, 0.2) is 58.6 Å².